The Hall–Kier alpha value is -2.04. The van der Waals surface area contributed by atoms with Crippen molar-refractivity contribution in [1.82, 2.24) is 14.8 Å². The summed E-state index contributed by atoms with van der Waals surface area (Å²) in [6.45, 7) is 1.99. The third kappa shape index (κ3) is 1.71. The van der Waals surface area contributed by atoms with Crippen molar-refractivity contribution in [3.8, 4) is 11.4 Å². The maximum absolute atomic E-state index is 5.81. The monoisotopic (exact) mass is 218 g/mol. The van der Waals surface area contributed by atoms with Gasteiger partial charge in [-0.15, -0.1) is 5.10 Å². The average molecular weight is 218 g/mol. The van der Waals surface area contributed by atoms with E-state index in [0.29, 0.717) is 5.95 Å². The van der Waals surface area contributed by atoms with Crippen LogP contribution in [0.2, 0.25) is 0 Å². The van der Waals surface area contributed by atoms with Crippen molar-refractivity contribution in [1.29, 1.82) is 0 Å². The van der Waals surface area contributed by atoms with Gasteiger partial charge in [-0.2, -0.15) is 9.67 Å². The van der Waals surface area contributed by atoms with E-state index in [2.05, 4.69) is 10.1 Å². The minimum absolute atomic E-state index is 0.376. The number of para-hydroxylation sites is 2. The van der Waals surface area contributed by atoms with Gasteiger partial charge in [0.05, 0.1) is 7.11 Å². The quantitative estimate of drug-likeness (QED) is 0.846. The number of rotatable bonds is 3. The molecule has 5 nitrogen and oxygen atoms in total. The number of anilines is 1. The number of aromatic nitrogens is 3. The fourth-order valence-electron chi connectivity index (χ4n) is 1.50. The van der Waals surface area contributed by atoms with Crippen molar-refractivity contribution in [3.63, 3.8) is 0 Å². The molecule has 1 heterocycles. The van der Waals surface area contributed by atoms with Crippen molar-refractivity contribution in [2.45, 2.75) is 13.3 Å². The first-order chi connectivity index (χ1) is 7.76. The Morgan fingerprint density at radius 2 is 2.12 bits per heavy atom. The predicted molar refractivity (Wildman–Crippen MR) is 61.7 cm³/mol. The van der Waals surface area contributed by atoms with E-state index in [1.165, 1.54) is 0 Å². The molecule has 16 heavy (non-hydrogen) atoms. The van der Waals surface area contributed by atoms with Gasteiger partial charge < -0.3 is 10.5 Å². The van der Waals surface area contributed by atoms with Gasteiger partial charge in [-0.3, -0.25) is 0 Å². The zero-order valence-electron chi connectivity index (χ0n) is 9.34. The lowest BCUT2D eigenvalue weighted by atomic mass is 10.3. The average Bonchev–Trinajstić information content (AvgIpc) is 2.70. The number of nitrogen functional groups attached to an aromatic ring is 1. The number of nitrogens with zero attached hydrogens (tertiary/aromatic N) is 3. The summed E-state index contributed by atoms with van der Waals surface area (Å²) < 4.78 is 6.85. The number of hydrogen-bond acceptors (Lipinski definition) is 4. The van der Waals surface area contributed by atoms with E-state index in [9.17, 15) is 0 Å². The molecule has 2 rings (SSSR count). The Balaban J connectivity index is 2.53. The van der Waals surface area contributed by atoms with E-state index in [-0.39, 0.29) is 0 Å². The second-order valence-corrected chi connectivity index (χ2v) is 3.32. The SMILES string of the molecule is CCc1nc(N)n(-c2ccccc2OC)n1. The molecule has 0 amide bonds. The molecule has 0 spiro atoms. The molecule has 2 N–H and O–H groups in total. The number of nitrogens with two attached hydrogens (primary N) is 1. The van der Waals surface area contributed by atoms with Gasteiger partial charge in [0.25, 0.3) is 0 Å². The number of aryl methyl sites for hydroxylation is 1. The highest BCUT2D eigenvalue weighted by Crippen LogP contribution is 2.23. The smallest absolute Gasteiger partial charge is 0.223 e. The first-order valence-corrected chi connectivity index (χ1v) is 5.11. The summed E-state index contributed by atoms with van der Waals surface area (Å²) in [5.41, 5.74) is 6.61. The molecule has 0 saturated carbocycles. The molecule has 2 aromatic rings. The van der Waals surface area contributed by atoms with Gasteiger partial charge >= 0.3 is 0 Å². The highest BCUT2D eigenvalue weighted by Gasteiger charge is 2.11. The van der Waals surface area contributed by atoms with Crippen LogP contribution in [-0.2, 0) is 6.42 Å². The molecule has 0 aliphatic carbocycles. The fourth-order valence-corrected chi connectivity index (χ4v) is 1.50. The second-order valence-electron chi connectivity index (χ2n) is 3.32. The van der Waals surface area contributed by atoms with Crippen LogP contribution in [0.25, 0.3) is 5.69 Å². The number of methoxy groups -OCH3 is 1. The zero-order valence-corrected chi connectivity index (χ0v) is 9.34. The molecular weight excluding hydrogens is 204 g/mol. The molecule has 84 valence electrons. The number of hydrogen-bond donors (Lipinski definition) is 1. The van der Waals surface area contributed by atoms with Crippen LogP contribution in [0.4, 0.5) is 5.95 Å². The van der Waals surface area contributed by atoms with Crippen LogP contribution in [-0.4, -0.2) is 21.9 Å². The molecule has 0 bridgehead atoms. The van der Waals surface area contributed by atoms with Crippen LogP contribution in [0.1, 0.15) is 12.7 Å². The van der Waals surface area contributed by atoms with Crippen molar-refractivity contribution < 1.29 is 4.74 Å². The van der Waals surface area contributed by atoms with Crippen LogP contribution < -0.4 is 10.5 Å². The van der Waals surface area contributed by atoms with E-state index >= 15 is 0 Å². The lowest BCUT2D eigenvalue weighted by molar-refractivity contribution is 0.412. The Kier molecular flexibility index (Phi) is 2.76. The van der Waals surface area contributed by atoms with Gasteiger partial charge in [-0.05, 0) is 12.1 Å². The van der Waals surface area contributed by atoms with Gasteiger partial charge in [0.15, 0.2) is 5.82 Å². The zero-order chi connectivity index (χ0) is 11.5. The van der Waals surface area contributed by atoms with Crippen LogP contribution in [0, 0.1) is 0 Å². The Morgan fingerprint density at radius 1 is 1.38 bits per heavy atom. The molecule has 1 aromatic carbocycles. The fraction of sp³-hybridized carbons (Fsp3) is 0.273. The maximum Gasteiger partial charge on any atom is 0.223 e. The van der Waals surface area contributed by atoms with Crippen LogP contribution in [0.3, 0.4) is 0 Å². The summed E-state index contributed by atoms with van der Waals surface area (Å²) in [6.07, 6.45) is 0.756. The molecule has 0 unspecified atom stereocenters. The van der Waals surface area contributed by atoms with Crippen molar-refractivity contribution in [2.75, 3.05) is 12.8 Å². The van der Waals surface area contributed by atoms with E-state index < -0.39 is 0 Å². The minimum atomic E-state index is 0.376. The second kappa shape index (κ2) is 4.22. The van der Waals surface area contributed by atoms with Gasteiger partial charge in [0.2, 0.25) is 5.95 Å². The highest BCUT2D eigenvalue weighted by atomic mass is 16.5. The van der Waals surface area contributed by atoms with Gasteiger partial charge in [0, 0.05) is 6.42 Å². The first kappa shape index (κ1) is 10.5. The van der Waals surface area contributed by atoms with Crippen molar-refractivity contribution in [2.24, 2.45) is 0 Å². The lowest BCUT2D eigenvalue weighted by Crippen LogP contribution is -2.04. The lowest BCUT2D eigenvalue weighted by Gasteiger charge is -2.07. The molecule has 0 fully saturated rings. The van der Waals surface area contributed by atoms with E-state index in [1.54, 1.807) is 11.8 Å². The topological polar surface area (TPSA) is 66.0 Å². The predicted octanol–water partition coefficient (Wildman–Crippen LogP) is 1.42. The normalized spacial score (nSPS) is 10.4. The molecule has 1 aromatic heterocycles. The van der Waals surface area contributed by atoms with Crippen LogP contribution in [0.15, 0.2) is 24.3 Å². The van der Waals surface area contributed by atoms with Crippen LogP contribution >= 0.6 is 0 Å². The molecule has 0 radical (unpaired) electrons. The number of benzene rings is 1. The van der Waals surface area contributed by atoms with Gasteiger partial charge in [0.1, 0.15) is 11.4 Å². The van der Waals surface area contributed by atoms with Gasteiger partial charge in [-0.1, -0.05) is 19.1 Å². The summed E-state index contributed by atoms with van der Waals surface area (Å²) in [4.78, 5) is 4.15. The summed E-state index contributed by atoms with van der Waals surface area (Å²) in [5, 5.41) is 4.31. The van der Waals surface area contributed by atoms with Crippen molar-refractivity contribution in [3.05, 3.63) is 30.1 Å². The van der Waals surface area contributed by atoms with Crippen LogP contribution in [0.5, 0.6) is 5.75 Å². The Bertz CT molecular complexity index is 492. The van der Waals surface area contributed by atoms with Gasteiger partial charge in [-0.25, -0.2) is 0 Å². The Labute approximate surface area is 93.9 Å². The Morgan fingerprint density at radius 3 is 2.75 bits per heavy atom. The van der Waals surface area contributed by atoms with E-state index in [1.807, 2.05) is 31.2 Å². The summed E-state index contributed by atoms with van der Waals surface area (Å²) >= 11 is 0. The molecule has 0 saturated heterocycles. The number of ether oxygens (including phenoxy) is 1. The summed E-state index contributed by atoms with van der Waals surface area (Å²) in [5.74, 6) is 1.83. The minimum Gasteiger partial charge on any atom is -0.494 e. The third-order valence-electron chi connectivity index (χ3n) is 2.31. The molecule has 0 aliphatic rings. The summed E-state index contributed by atoms with van der Waals surface area (Å²) in [6, 6.07) is 7.56. The third-order valence-corrected chi connectivity index (χ3v) is 2.31. The molecule has 0 aliphatic heterocycles. The largest absolute Gasteiger partial charge is 0.494 e. The first-order valence-electron chi connectivity index (χ1n) is 5.11. The summed E-state index contributed by atoms with van der Waals surface area (Å²) in [7, 11) is 1.62. The van der Waals surface area contributed by atoms with E-state index in [0.717, 1.165) is 23.7 Å². The molecule has 0 atom stereocenters. The maximum atomic E-state index is 5.81. The molecular formula is C11H14N4O. The van der Waals surface area contributed by atoms with Crippen molar-refractivity contribution >= 4 is 5.95 Å². The molecule has 5 heteroatoms. The highest BCUT2D eigenvalue weighted by molar-refractivity contribution is 5.49. The van der Waals surface area contributed by atoms with E-state index in [4.69, 9.17) is 10.5 Å². The standard InChI is InChI=1S/C11H14N4O/c1-3-10-13-11(12)15(14-10)8-6-4-5-7-9(8)16-2/h4-7H,3H2,1-2H3,(H2,12,13,14).